The van der Waals surface area contributed by atoms with E-state index < -0.39 is 5.82 Å². The zero-order valence-electron chi connectivity index (χ0n) is 14.6. The molecule has 0 heterocycles. The third-order valence-corrected chi connectivity index (χ3v) is 3.82. The standard InChI is InChI=1S/C19H21FN2O3/c1-11-9-15(5-7-17(11)22-13(3)23)19(24)21-12(2)14-6-8-18(25-4)16(20)10-14/h5-10,12H,1-4H3,(H,21,24)(H,22,23). The van der Waals surface area contributed by atoms with Crippen molar-refractivity contribution < 1.29 is 18.7 Å². The Morgan fingerprint density at radius 2 is 1.88 bits per heavy atom. The molecule has 1 atom stereocenters. The van der Waals surface area contributed by atoms with Crippen LogP contribution in [0.3, 0.4) is 0 Å². The fraction of sp³-hybridized carbons (Fsp3) is 0.263. The Labute approximate surface area is 146 Å². The lowest BCUT2D eigenvalue weighted by molar-refractivity contribution is -0.114. The molecule has 132 valence electrons. The van der Waals surface area contributed by atoms with E-state index in [2.05, 4.69) is 10.6 Å². The second-order valence-corrected chi connectivity index (χ2v) is 5.80. The van der Waals surface area contributed by atoms with Crippen LogP contribution in [0.15, 0.2) is 36.4 Å². The van der Waals surface area contributed by atoms with Crippen LogP contribution in [0, 0.1) is 12.7 Å². The van der Waals surface area contributed by atoms with Crippen molar-refractivity contribution in [2.45, 2.75) is 26.8 Å². The number of hydrogen-bond acceptors (Lipinski definition) is 3. The Kier molecular flexibility index (Phi) is 5.75. The fourth-order valence-corrected chi connectivity index (χ4v) is 2.45. The summed E-state index contributed by atoms with van der Waals surface area (Å²) >= 11 is 0. The van der Waals surface area contributed by atoms with E-state index in [0.717, 1.165) is 5.56 Å². The van der Waals surface area contributed by atoms with E-state index in [9.17, 15) is 14.0 Å². The minimum absolute atomic E-state index is 0.159. The van der Waals surface area contributed by atoms with Gasteiger partial charge in [0.25, 0.3) is 5.91 Å². The molecule has 0 bridgehead atoms. The smallest absolute Gasteiger partial charge is 0.251 e. The number of amides is 2. The van der Waals surface area contributed by atoms with E-state index in [1.807, 2.05) is 6.92 Å². The first-order valence-corrected chi connectivity index (χ1v) is 7.84. The molecule has 0 saturated carbocycles. The Hall–Kier alpha value is -2.89. The van der Waals surface area contributed by atoms with Crippen LogP contribution >= 0.6 is 0 Å². The predicted molar refractivity (Wildman–Crippen MR) is 94.3 cm³/mol. The summed E-state index contributed by atoms with van der Waals surface area (Å²) in [6, 6.07) is 9.22. The first-order valence-electron chi connectivity index (χ1n) is 7.84. The van der Waals surface area contributed by atoms with E-state index in [-0.39, 0.29) is 23.6 Å². The molecule has 2 aromatic rings. The number of rotatable bonds is 5. The number of aryl methyl sites for hydroxylation is 1. The highest BCUT2D eigenvalue weighted by Gasteiger charge is 2.14. The lowest BCUT2D eigenvalue weighted by Gasteiger charge is -2.16. The van der Waals surface area contributed by atoms with E-state index in [4.69, 9.17) is 4.74 Å². The van der Waals surface area contributed by atoms with E-state index in [1.165, 1.54) is 26.2 Å². The van der Waals surface area contributed by atoms with Crippen LogP contribution in [-0.2, 0) is 4.79 Å². The number of carbonyl (C=O) groups is 2. The summed E-state index contributed by atoms with van der Waals surface area (Å²) in [4.78, 5) is 23.5. The highest BCUT2D eigenvalue weighted by atomic mass is 19.1. The number of halogens is 1. The first-order chi connectivity index (χ1) is 11.8. The number of nitrogens with one attached hydrogen (secondary N) is 2. The molecule has 0 aliphatic heterocycles. The normalized spacial score (nSPS) is 11.6. The van der Waals surface area contributed by atoms with Crippen molar-refractivity contribution in [3.63, 3.8) is 0 Å². The van der Waals surface area contributed by atoms with Gasteiger partial charge in [-0.25, -0.2) is 4.39 Å². The topological polar surface area (TPSA) is 67.4 Å². The van der Waals surface area contributed by atoms with Gasteiger partial charge in [-0.2, -0.15) is 0 Å². The predicted octanol–water partition coefficient (Wildman–Crippen LogP) is 3.59. The van der Waals surface area contributed by atoms with Gasteiger partial charge < -0.3 is 15.4 Å². The number of benzene rings is 2. The summed E-state index contributed by atoms with van der Waals surface area (Å²) in [7, 11) is 1.40. The molecule has 1 unspecified atom stereocenters. The number of anilines is 1. The van der Waals surface area contributed by atoms with Crippen LogP contribution in [0.1, 0.15) is 41.4 Å². The van der Waals surface area contributed by atoms with Crippen molar-refractivity contribution in [1.29, 1.82) is 0 Å². The number of carbonyl (C=O) groups excluding carboxylic acids is 2. The summed E-state index contributed by atoms with van der Waals surface area (Å²) in [5.74, 6) is -0.764. The van der Waals surface area contributed by atoms with Crippen molar-refractivity contribution in [2.75, 3.05) is 12.4 Å². The monoisotopic (exact) mass is 344 g/mol. The molecule has 2 amide bonds. The summed E-state index contributed by atoms with van der Waals surface area (Å²) in [6.07, 6.45) is 0. The Bertz CT molecular complexity index is 805. The Morgan fingerprint density at radius 3 is 2.44 bits per heavy atom. The van der Waals surface area contributed by atoms with Gasteiger partial charge in [-0.3, -0.25) is 9.59 Å². The molecular weight excluding hydrogens is 323 g/mol. The van der Waals surface area contributed by atoms with Crippen LogP contribution in [0.5, 0.6) is 5.75 Å². The molecule has 0 spiro atoms. The van der Waals surface area contributed by atoms with Gasteiger partial charge in [-0.15, -0.1) is 0 Å². The minimum Gasteiger partial charge on any atom is -0.494 e. The van der Waals surface area contributed by atoms with Gasteiger partial charge in [0.1, 0.15) is 0 Å². The zero-order valence-corrected chi connectivity index (χ0v) is 14.6. The highest BCUT2D eigenvalue weighted by Crippen LogP contribution is 2.22. The third kappa shape index (κ3) is 4.56. The lowest BCUT2D eigenvalue weighted by Crippen LogP contribution is -2.26. The van der Waals surface area contributed by atoms with Crippen LogP contribution < -0.4 is 15.4 Å². The minimum atomic E-state index is -0.475. The average Bonchev–Trinajstić information content (AvgIpc) is 2.56. The first kappa shape index (κ1) is 18.4. The van der Waals surface area contributed by atoms with E-state index >= 15 is 0 Å². The summed E-state index contributed by atoms with van der Waals surface area (Å²) in [6.45, 7) is 5.01. The van der Waals surface area contributed by atoms with Gasteiger partial charge >= 0.3 is 0 Å². The molecule has 6 heteroatoms. The molecule has 5 nitrogen and oxygen atoms in total. The maximum absolute atomic E-state index is 13.8. The molecule has 0 aromatic heterocycles. The molecule has 25 heavy (non-hydrogen) atoms. The molecule has 0 saturated heterocycles. The molecule has 0 radical (unpaired) electrons. The van der Waals surface area contributed by atoms with Crippen LogP contribution in [0.25, 0.3) is 0 Å². The number of ether oxygens (including phenoxy) is 1. The maximum Gasteiger partial charge on any atom is 0.251 e. The van der Waals surface area contributed by atoms with Crippen LogP contribution in [0.4, 0.5) is 10.1 Å². The van der Waals surface area contributed by atoms with E-state index in [0.29, 0.717) is 16.8 Å². The van der Waals surface area contributed by atoms with E-state index in [1.54, 1.807) is 31.2 Å². The van der Waals surface area contributed by atoms with Gasteiger partial charge in [0, 0.05) is 18.2 Å². The molecule has 2 N–H and O–H groups in total. The maximum atomic E-state index is 13.8. The van der Waals surface area contributed by atoms with Crippen LogP contribution in [0.2, 0.25) is 0 Å². The molecule has 0 aliphatic carbocycles. The molecule has 0 aliphatic rings. The van der Waals surface area contributed by atoms with Gasteiger partial charge in [0.15, 0.2) is 11.6 Å². The zero-order chi connectivity index (χ0) is 18.6. The molecular formula is C19H21FN2O3. The average molecular weight is 344 g/mol. The van der Waals surface area contributed by atoms with Crippen molar-refractivity contribution >= 4 is 17.5 Å². The Morgan fingerprint density at radius 1 is 1.16 bits per heavy atom. The van der Waals surface area contributed by atoms with Gasteiger partial charge in [0.2, 0.25) is 5.91 Å². The Balaban J connectivity index is 2.12. The highest BCUT2D eigenvalue weighted by molar-refractivity contribution is 5.96. The summed E-state index contributed by atoms with van der Waals surface area (Å²) in [5, 5.41) is 5.53. The molecule has 2 aromatic carbocycles. The van der Waals surface area contributed by atoms with Gasteiger partial charge in [-0.05, 0) is 55.3 Å². The summed E-state index contributed by atoms with van der Waals surface area (Å²) < 4.78 is 18.7. The SMILES string of the molecule is COc1ccc(C(C)NC(=O)c2ccc(NC(C)=O)c(C)c2)cc1F. The largest absolute Gasteiger partial charge is 0.494 e. The van der Waals surface area contributed by atoms with Crippen molar-refractivity contribution in [2.24, 2.45) is 0 Å². The second-order valence-electron chi connectivity index (χ2n) is 5.80. The summed E-state index contributed by atoms with van der Waals surface area (Å²) in [5.41, 5.74) is 2.55. The lowest BCUT2D eigenvalue weighted by atomic mass is 10.1. The second kappa shape index (κ2) is 7.79. The fourth-order valence-electron chi connectivity index (χ4n) is 2.45. The number of methoxy groups -OCH3 is 1. The van der Waals surface area contributed by atoms with Crippen molar-refractivity contribution in [3.8, 4) is 5.75 Å². The van der Waals surface area contributed by atoms with Gasteiger partial charge in [0.05, 0.1) is 13.2 Å². The van der Waals surface area contributed by atoms with Crippen molar-refractivity contribution in [3.05, 3.63) is 58.9 Å². The van der Waals surface area contributed by atoms with Crippen molar-refractivity contribution in [1.82, 2.24) is 5.32 Å². The molecule has 2 rings (SSSR count). The van der Waals surface area contributed by atoms with Gasteiger partial charge in [-0.1, -0.05) is 6.07 Å². The molecule has 0 fully saturated rings. The quantitative estimate of drug-likeness (QED) is 0.871. The van der Waals surface area contributed by atoms with Crippen LogP contribution in [-0.4, -0.2) is 18.9 Å². The third-order valence-electron chi connectivity index (χ3n) is 3.82. The number of hydrogen-bond donors (Lipinski definition) is 2.